The van der Waals surface area contributed by atoms with Gasteiger partial charge in [0, 0.05) is 16.5 Å². The summed E-state index contributed by atoms with van der Waals surface area (Å²) in [6.07, 6.45) is -8.25. The standard InChI is InChI=1S/C33H29F6N3O4S/c1-2-3-14-47(45,46)42-31(44)26-11-8-19-6-4-5-7-25(19)29(26)41-30(43)21-10-13-27-20(15-21)9-12-28(40-27)22-16-23(32(34,35)36)18-24(17-22)33(37,38)39/h4-7,9-10,12-13,15-18,26,29H,2-3,8,11,14H2,1H3,(H,41,43)(H,42,44)/t26-,29+/m1/s1. The number of carbonyl (C=O) groups is 2. The largest absolute Gasteiger partial charge is 0.416 e. The first-order chi connectivity index (χ1) is 22.1. The Morgan fingerprint density at radius 1 is 0.894 bits per heavy atom. The lowest BCUT2D eigenvalue weighted by Gasteiger charge is -2.33. The van der Waals surface area contributed by atoms with E-state index < -0.39 is 57.3 Å². The molecule has 0 aliphatic heterocycles. The summed E-state index contributed by atoms with van der Waals surface area (Å²) >= 11 is 0. The number of halogens is 6. The highest BCUT2D eigenvalue weighted by Crippen LogP contribution is 2.39. The third-order valence-corrected chi connectivity index (χ3v) is 9.34. The van der Waals surface area contributed by atoms with Crippen LogP contribution in [0.5, 0.6) is 0 Å². The van der Waals surface area contributed by atoms with Crippen LogP contribution in [0.15, 0.2) is 72.8 Å². The van der Waals surface area contributed by atoms with Gasteiger partial charge < -0.3 is 5.32 Å². The first kappa shape index (κ1) is 33.9. The molecule has 0 bridgehead atoms. The molecule has 4 aromatic rings. The molecule has 248 valence electrons. The zero-order chi connectivity index (χ0) is 34.1. The van der Waals surface area contributed by atoms with Crippen LogP contribution in [0.25, 0.3) is 22.2 Å². The quantitative estimate of drug-likeness (QED) is 0.192. The summed E-state index contributed by atoms with van der Waals surface area (Å²) in [5.74, 6) is -2.40. The monoisotopic (exact) mass is 677 g/mol. The van der Waals surface area contributed by atoms with Crippen LogP contribution in [0, 0.1) is 5.92 Å². The van der Waals surface area contributed by atoms with E-state index in [1.807, 2.05) is 19.1 Å². The molecule has 1 heterocycles. The summed E-state index contributed by atoms with van der Waals surface area (Å²) in [6, 6.07) is 14.5. The van der Waals surface area contributed by atoms with Gasteiger partial charge in [0.05, 0.1) is 40.1 Å². The normalized spacial score (nSPS) is 16.8. The number of unbranched alkanes of at least 4 members (excludes halogenated alkanes) is 1. The molecule has 7 nitrogen and oxygen atoms in total. The number of hydrogen-bond acceptors (Lipinski definition) is 5. The number of rotatable bonds is 8. The summed E-state index contributed by atoms with van der Waals surface area (Å²) in [4.78, 5) is 31.0. The number of aryl methyl sites for hydroxylation is 1. The molecule has 0 radical (unpaired) electrons. The van der Waals surface area contributed by atoms with E-state index >= 15 is 0 Å². The average Bonchev–Trinajstić information content (AvgIpc) is 3.02. The van der Waals surface area contributed by atoms with Crippen molar-refractivity contribution in [1.29, 1.82) is 0 Å². The van der Waals surface area contributed by atoms with E-state index in [-0.39, 0.29) is 40.6 Å². The molecule has 0 spiro atoms. The summed E-state index contributed by atoms with van der Waals surface area (Å²) < 4.78 is 107. The highest BCUT2D eigenvalue weighted by molar-refractivity contribution is 7.90. The lowest BCUT2D eigenvalue weighted by atomic mass is 9.79. The Balaban J connectivity index is 1.43. The number of amides is 2. The van der Waals surface area contributed by atoms with E-state index in [0.29, 0.717) is 42.3 Å². The molecule has 0 unspecified atom stereocenters. The number of benzene rings is 3. The molecule has 47 heavy (non-hydrogen) atoms. The van der Waals surface area contributed by atoms with Gasteiger partial charge in [-0.25, -0.2) is 13.4 Å². The molecule has 5 rings (SSSR count). The van der Waals surface area contributed by atoms with Crippen molar-refractivity contribution in [2.45, 2.75) is 51.0 Å². The number of pyridine rings is 1. The molecular formula is C33H29F6N3O4S. The van der Waals surface area contributed by atoms with Crippen molar-refractivity contribution in [1.82, 2.24) is 15.0 Å². The number of fused-ring (bicyclic) bond motifs is 2. The summed E-state index contributed by atoms with van der Waals surface area (Å²) in [6.45, 7) is 1.83. The maximum absolute atomic E-state index is 13.5. The summed E-state index contributed by atoms with van der Waals surface area (Å²) in [5.41, 5.74) is -1.53. The Hall–Kier alpha value is -4.46. The van der Waals surface area contributed by atoms with Crippen LogP contribution in [0.2, 0.25) is 0 Å². The number of carbonyl (C=O) groups excluding carboxylic acids is 2. The fraction of sp³-hybridized carbons (Fsp3) is 0.303. The zero-order valence-electron chi connectivity index (χ0n) is 24.9. The summed E-state index contributed by atoms with van der Waals surface area (Å²) in [5, 5.41) is 3.25. The predicted octanol–water partition coefficient (Wildman–Crippen LogP) is 7.22. The Bertz CT molecular complexity index is 1910. The third kappa shape index (κ3) is 7.75. The second-order valence-electron chi connectivity index (χ2n) is 11.3. The van der Waals surface area contributed by atoms with Crippen molar-refractivity contribution in [2.75, 3.05) is 5.75 Å². The molecule has 0 fully saturated rings. The van der Waals surface area contributed by atoms with E-state index in [0.717, 1.165) is 5.56 Å². The van der Waals surface area contributed by atoms with Crippen LogP contribution in [-0.4, -0.2) is 31.0 Å². The van der Waals surface area contributed by atoms with Crippen LogP contribution in [0.4, 0.5) is 26.3 Å². The molecule has 1 aliphatic rings. The Labute approximate surface area is 266 Å². The third-order valence-electron chi connectivity index (χ3n) is 8.00. The minimum atomic E-state index is -5.02. The highest BCUT2D eigenvalue weighted by atomic mass is 32.2. The van der Waals surface area contributed by atoms with E-state index in [9.17, 15) is 44.3 Å². The Kier molecular flexibility index (Phi) is 9.36. The first-order valence-electron chi connectivity index (χ1n) is 14.7. The first-order valence-corrected chi connectivity index (χ1v) is 16.3. The van der Waals surface area contributed by atoms with Crippen molar-refractivity contribution >= 4 is 32.7 Å². The van der Waals surface area contributed by atoms with Gasteiger partial charge in [-0.1, -0.05) is 43.7 Å². The van der Waals surface area contributed by atoms with E-state index in [4.69, 9.17) is 0 Å². The van der Waals surface area contributed by atoms with Gasteiger partial charge in [0.2, 0.25) is 15.9 Å². The molecule has 2 N–H and O–H groups in total. The fourth-order valence-electron chi connectivity index (χ4n) is 5.59. The van der Waals surface area contributed by atoms with Crippen LogP contribution < -0.4 is 10.0 Å². The van der Waals surface area contributed by atoms with E-state index in [1.54, 1.807) is 12.1 Å². The number of sulfonamides is 1. The second kappa shape index (κ2) is 13.0. The van der Waals surface area contributed by atoms with Crippen molar-refractivity contribution < 1.29 is 44.3 Å². The Morgan fingerprint density at radius 2 is 1.57 bits per heavy atom. The molecule has 1 aliphatic carbocycles. The lowest BCUT2D eigenvalue weighted by molar-refractivity contribution is -0.143. The number of aromatic nitrogens is 1. The van der Waals surface area contributed by atoms with Gasteiger partial charge in [0.1, 0.15) is 0 Å². The molecule has 2 atom stereocenters. The second-order valence-corrected chi connectivity index (χ2v) is 13.2. The van der Waals surface area contributed by atoms with Crippen LogP contribution in [0.1, 0.15) is 64.8 Å². The minimum absolute atomic E-state index is 0.0414. The van der Waals surface area contributed by atoms with Crippen LogP contribution >= 0.6 is 0 Å². The van der Waals surface area contributed by atoms with Crippen molar-refractivity contribution in [3.8, 4) is 11.3 Å². The van der Waals surface area contributed by atoms with Gasteiger partial charge in [-0.2, -0.15) is 26.3 Å². The SMILES string of the molecule is CCCCS(=O)(=O)NC(=O)[C@@H]1CCc2ccccc2[C@@H]1NC(=O)c1ccc2nc(-c3cc(C(F)(F)F)cc(C(F)(F)F)c3)ccc2c1. The van der Waals surface area contributed by atoms with Crippen molar-refractivity contribution in [2.24, 2.45) is 5.92 Å². The van der Waals surface area contributed by atoms with E-state index in [2.05, 4.69) is 15.0 Å². The number of hydrogen-bond donors (Lipinski definition) is 2. The maximum Gasteiger partial charge on any atom is 0.416 e. The lowest BCUT2D eigenvalue weighted by Crippen LogP contribution is -2.45. The fourth-order valence-corrected chi connectivity index (χ4v) is 6.82. The van der Waals surface area contributed by atoms with Gasteiger partial charge in [-0.05, 0) is 72.9 Å². The number of nitrogens with zero attached hydrogens (tertiary/aromatic N) is 1. The Morgan fingerprint density at radius 3 is 2.23 bits per heavy atom. The predicted molar refractivity (Wildman–Crippen MR) is 162 cm³/mol. The van der Waals surface area contributed by atoms with Gasteiger partial charge in [0.25, 0.3) is 5.91 Å². The van der Waals surface area contributed by atoms with Crippen LogP contribution in [-0.2, 0) is 33.6 Å². The van der Waals surface area contributed by atoms with Crippen LogP contribution in [0.3, 0.4) is 0 Å². The molecule has 3 aromatic carbocycles. The van der Waals surface area contributed by atoms with E-state index in [1.165, 1.54) is 30.3 Å². The smallest absolute Gasteiger partial charge is 0.344 e. The van der Waals surface area contributed by atoms with Gasteiger partial charge in [0.15, 0.2) is 0 Å². The zero-order valence-corrected chi connectivity index (χ0v) is 25.7. The molecule has 1 aromatic heterocycles. The van der Waals surface area contributed by atoms with Gasteiger partial charge in [-0.15, -0.1) is 0 Å². The van der Waals surface area contributed by atoms with Crippen molar-refractivity contribution in [3.05, 3.63) is 101 Å². The maximum atomic E-state index is 13.5. The number of alkyl halides is 6. The van der Waals surface area contributed by atoms with Gasteiger partial charge in [-0.3, -0.25) is 14.3 Å². The molecule has 0 saturated heterocycles. The molecule has 14 heteroatoms. The minimum Gasteiger partial charge on any atom is -0.344 e. The average molecular weight is 678 g/mol. The topological polar surface area (TPSA) is 105 Å². The molecule has 0 saturated carbocycles. The van der Waals surface area contributed by atoms with Crippen molar-refractivity contribution in [3.63, 3.8) is 0 Å². The highest BCUT2D eigenvalue weighted by Gasteiger charge is 2.38. The molecular weight excluding hydrogens is 648 g/mol. The van der Waals surface area contributed by atoms with Gasteiger partial charge >= 0.3 is 12.4 Å². The number of nitrogens with one attached hydrogen (secondary N) is 2. The molecule has 2 amide bonds. The summed E-state index contributed by atoms with van der Waals surface area (Å²) in [7, 11) is -3.87.